The summed E-state index contributed by atoms with van der Waals surface area (Å²) in [6.07, 6.45) is -2.44. The van der Waals surface area contributed by atoms with E-state index >= 15 is 0 Å². The first kappa shape index (κ1) is 11.2. The number of thioether (sulfide) groups is 1. The van der Waals surface area contributed by atoms with Crippen molar-refractivity contribution in [2.45, 2.75) is 6.43 Å². The Kier molecular flexibility index (Phi) is 3.61. The van der Waals surface area contributed by atoms with Crippen LogP contribution in [0.3, 0.4) is 0 Å². The van der Waals surface area contributed by atoms with E-state index in [0.29, 0.717) is 5.69 Å². The number of nitrogens with one attached hydrogen (secondary N) is 2. The Balaban J connectivity index is 1.95. The van der Waals surface area contributed by atoms with Crippen molar-refractivity contribution in [2.24, 2.45) is 4.99 Å². The molecule has 0 amide bonds. The van der Waals surface area contributed by atoms with Gasteiger partial charge in [-0.3, -0.25) is 15.8 Å². The van der Waals surface area contributed by atoms with Crippen LogP contribution in [0, 0.1) is 0 Å². The summed E-state index contributed by atoms with van der Waals surface area (Å²) in [6.45, 7) is 0.797. The van der Waals surface area contributed by atoms with E-state index < -0.39 is 6.43 Å². The van der Waals surface area contributed by atoms with Crippen LogP contribution in [-0.4, -0.2) is 17.5 Å². The summed E-state index contributed by atoms with van der Waals surface area (Å²) in [5.74, 6) is 0.959. The summed E-state index contributed by atoms with van der Waals surface area (Å²) < 4.78 is 24.8. The first-order chi connectivity index (χ1) is 7.75. The first-order valence-electron chi connectivity index (χ1n) is 4.83. The lowest BCUT2D eigenvalue weighted by atomic mass is 10.2. The molecule has 1 aliphatic heterocycles. The lowest BCUT2D eigenvalue weighted by molar-refractivity contribution is 0.151. The largest absolute Gasteiger partial charge is 0.299 e. The van der Waals surface area contributed by atoms with Gasteiger partial charge in [0.15, 0.2) is 5.17 Å². The molecule has 2 rings (SSSR count). The number of hydrazine groups is 1. The van der Waals surface area contributed by atoms with Crippen molar-refractivity contribution in [3.63, 3.8) is 0 Å². The van der Waals surface area contributed by atoms with Crippen molar-refractivity contribution in [3.8, 4) is 0 Å². The van der Waals surface area contributed by atoms with E-state index in [-0.39, 0.29) is 5.56 Å². The summed E-state index contributed by atoms with van der Waals surface area (Å²) in [7, 11) is 0. The Morgan fingerprint density at radius 1 is 1.31 bits per heavy atom. The fraction of sp³-hybridized carbons (Fsp3) is 0.300. The minimum absolute atomic E-state index is 0.00723. The Morgan fingerprint density at radius 2 is 2.19 bits per heavy atom. The quantitative estimate of drug-likeness (QED) is 0.801. The summed E-state index contributed by atoms with van der Waals surface area (Å²) in [5.41, 5.74) is 6.34. The molecule has 0 fully saturated rings. The van der Waals surface area contributed by atoms with Crippen LogP contribution in [0.15, 0.2) is 29.3 Å². The highest BCUT2D eigenvalue weighted by atomic mass is 32.2. The molecule has 1 aliphatic rings. The highest BCUT2D eigenvalue weighted by Crippen LogP contribution is 2.21. The molecule has 0 saturated heterocycles. The smallest absolute Gasteiger partial charge is 0.263 e. The van der Waals surface area contributed by atoms with E-state index in [1.165, 1.54) is 12.1 Å². The first-order valence-corrected chi connectivity index (χ1v) is 5.81. The molecule has 0 aliphatic carbocycles. The molecule has 0 spiro atoms. The number of aliphatic imine (C=N–C) groups is 1. The highest BCUT2D eigenvalue weighted by Gasteiger charge is 2.08. The van der Waals surface area contributed by atoms with E-state index in [0.717, 1.165) is 17.5 Å². The fourth-order valence-electron chi connectivity index (χ4n) is 1.29. The van der Waals surface area contributed by atoms with Crippen molar-refractivity contribution in [1.82, 2.24) is 5.43 Å². The molecule has 0 aromatic heterocycles. The average molecular weight is 243 g/mol. The normalized spacial score (nSPS) is 15.1. The van der Waals surface area contributed by atoms with Gasteiger partial charge in [0.2, 0.25) is 0 Å². The zero-order valence-corrected chi connectivity index (χ0v) is 9.23. The minimum Gasteiger partial charge on any atom is -0.299 e. The van der Waals surface area contributed by atoms with Gasteiger partial charge in [0, 0.05) is 11.3 Å². The number of amidine groups is 1. The topological polar surface area (TPSA) is 36.4 Å². The molecule has 1 heterocycles. The maximum Gasteiger partial charge on any atom is 0.263 e. The maximum absolute atomic E-state index is 12.4. The van der Waals surface area contributed by atoms with Crippen molar-refractivity contribution in [3.05, 3.63) is 29.8 Å². The number of halogens is 2. The Bertz CT molecular complexity index is 395. The lowest BCUT2D eigenvalue weighted by Gasteiger charge is -2.09. The van der Waals surface area contributed by atoms with Gasteiger partial charge in [0.1, 0.15) is 0 Å². The summed E-state index contributed by atoms with van der Waals surface area (Å²) in [5, 5.41) is 0.794. The highest BCUT2D eigenvalue weighted by molar-refractivity contribution is 8.14. The third-order valence-corrected chi connectivity index (χ3v) is 2.93. The van der Waals surface area contributed by atoms with Gasteiger partial charge >= 0.3 is 0 Å². The molecule has 2 N–H and O–H groups in total. The number of hydrogen-bond donors (Lipinski definition) is 2. The molecule has 0 bridgehead atoms. The van der Waals surface area contributed by atoms with Gasteiger partial charge in [-0.1, -0.05) is 23.9 Å². The number of nitrogens with zero attached hydrogens (tertiary/aromatic N) is 1. The summed E-state index contributed by atoms with van der Waals surface area (Å²) in [4.78, 5) is 4.17. The molecule has 6 heteroatoms. The van der Waals surface area contributed by atoms with Crippen molar-refractivity contribution in [2.75, 3.05) is 17.7 Å². The molecular formula is C10H11F2N3S. The molecule has 0 saturated carbocycles. The van der Waals surface area contributed by atoms with Gasteiger partial charge in [0.05, 0.1) is 12.2 Å². The van der Waals surface area contributed by atoms with Crippen LogP contribution >= 0.6 is 11.8 Å². The Morgan fingerprint density at radius 3 is 2.88 bits per heavy atom. The molecule has 0 atom stereocenters. The summed E-state index contributed by atoms with van der Waals surface area (Å²) in [6, 6.07) is 6.13. The zero-order valence-electron chi connectivity index (χ0n) is 8.41. The van der Waals surface area contributed by atoms with E-state index in [2.05, 4.69) is 15.8 Å². The third-order valence-electron chi connectivity index (χ3n) is 2.04. The molecule has 3 nitrogen and oxygen atoms in total. The van der Waals surface area contributed by atoms with Gasteiger partial charge in [-0.15, -0.1) is 0 Å². The third kappa shape index (κ3) is 2.85. The molecule has 1 aromatic rings. The average Bonchev–Trinajstić information content (AvgIpc) is 2.79. The number of hydrogen-bond acceptors (Lipinski definition) is 4. The monoisotopic (exact) mass is 243 g/mol. The van der Waals surface area contributed by atoms with Crippen molar-refractivity contribution >= 4 is 22.6 Å². The zero-order chi connectivity index (χ0) is 11.4. The number of benzene rings is 1. The standard InChI is InChI=1S/C10H11F2N3S/c11-9(12)7-2-1-3-8(6-7)14-15-10-13-4-5-16-10/h1-3,6,9,14H,4-5H2,(H,13,15). The predicted octanol–water partition coefficient (Wildman–Crippen LogP) is 2.64. The van der Waals surface area contributed by atoms with E-state index in [1.807, 2.05) is 0 Å². The Hall–Kier alpha value is -1.30. The van der Waals surface area contributed by atoms with Gasteiger partial charge < -0.3 is 0 Å². The van der Waals surface area contributed by atoms with Crippen LogP contribution in [0.2, 0.25) is 0 Å². The lowest BCUT2D eigenvalue weighted by Crippen LogP contribution is -2.25. The predicted molar refractivity (Wildman–Crippen MR) is 62.9 cm³/mol. The molecular weight excluding hydrogens is 232 g/mol. The van der Waals surface area contributed by atoms with Crippen LogP contribution in [0.1, 0.15) is 12.0 Å². The van der Waals surface area contributed by atoms with Crippen LogP contribution < -0.4 is 10.9 Å². The van der Waals surface area contributed by atoms with Gasteiger partial charge in [-0.2, -0.15) is 0 Å². The van der Waals surface area contributed by atoms with E-state index in [1.54, 1.807) is 23.9 Å². The SMILES string of the molecule is FC(F)c1cccc(NNC2=NCCS2)c1. The number of anilines is 1. The summed E-state index contributed by atoms with van der Waals surface area (Å²) >= 11 is 1.60. The molecule has 86 valence electrons. The van der Waals surface area contributed by atoms with Gasteiger partial charge in [-0.05, 0) is 12.1 Å². The molecule has 0 radical (unpaired) electrons. The molecule has 16 heavy (non-hydrogen) atoms. The van der Waals surface area contributed by atoms with Crippen molar-refractivity contribution < 1.29 is 8.78 Å². The van der Waals surface area contributed by atoms with Crippen LogP contribution in [0.5, 0.6) is 0 Å². The van der Waals surface area contributed by atoms with Gasteiger partial charge in [-0.25, -0.2) is 8.78 Å². The number of alkyl halides is 2. The fourth-order valence-corrected chi connectivity index (χ4v) is 1.97. The molecule has 1 aromatic carbocycles. The van der Waals surface area contributed by atoms with Crippen molar-refractivity contribution in [1.29, 1.82) is 0 Å². The second-order valence-corrected chi connectivity index (χ2v) is 4.30. The van der Waals surface area contributed by atoms with Gasteiger partial charge in [0.25, 0.3) is 6.43 Å². The number of rotatable bonds is 3. The van der Waals surface area contributed by atoms with Crippen LogP contribution in [-0.2, 0) is 0 Å². The van der Waals surface area contributed by atoms with E-state index in [4.69, 9.17) is 0 Å². The minimum atomic E-state index is -2.44. The van der Waals surface area contributed by atoms with E-state index in [9.17, 15) is 8.78 Å². The van der Waals surface area contributed by atoms with Crippen LogP contribution in [0.25, 0.3) is 0 Å². The maximum atomic E-state index is 12.4. The second kappa shape index (κ2) is 5.16. The Labute approximate surface area is 96.3 Å². The second-order valence-electron chi connectivity index (χ2n) is 3.21. The molecule has 0 unspecified atom stereocenters. The van der Waals surface area contributed by atoms with Crippen LogP contribution in [0.4, 0.5) is 14.5 Å².